The molecule has 2 rings (SSSR count). The summed E-state index contributed by atoms with van der Waals surface area (Å²) in [6.07, 6.45) is 14.7. The second-order valence-corrected chi connectivity index (χ2v) is 8.98. The topological polar surface area (TPSA) is 170 Å². The molecule has 2 heterocycles. The number of nitrogens with one attached hydrogen (secondary N) is 1. The van der Waals surface area contributed by atoms with Crippen LogP contribution >= 0.6 is 0 Å². The minimum Gasteiger partial charge on any atom is -0.481 e. The number of aliphatic hydroxyl groups is 1. The molecule has 0 spiro atoms. The highest BCUT2D eigenvalue weighted by Crippen LogP contribution is 2.29. The Labute approximate surface area is 206 Å². The molecule has 3 N–H and O–H groups in total. The highest BCUT2D eigenvalue weighted by atomic mass is 16.5. The smallest absolute Gasteiger partial charge is 0.330 e. The summed E-state index contributed by atoms with van der Waals surface area (Å²) in [4.78, 5) is 38.1. The van der Waals surface area contributed by atoms with E-state index in [-0.39, 0.29) is 13.0 Å². The lowest BCUT2D eigenvalue weighted by Crippen LogP contribution is -2.33. The fraction of sp³-hybridized carbons (Fsp3) is 0.792. The molecule has 11 nitrogen and oxygen atoms in total. The number of azide groups is 1. The Morgan fingerprint density at radius 3 is 2.23 bits per heavy atom. The van der Waals surface area contributed by atoms with E-state index >= 15 is 0 Å². The van der Waals surface area contributed by atoms with Crippen LogP contribution in [0.4, 0.5) is 0 Å². The van der Waals surface area contributed by atoms with Crippen molar-refractivity contribution in [1.29, 1.82) is 0 Å². The lowest BCUT2D eigenvalue weighted by atomic mass is 10.1. The third-order valence-corrected chi connectivity index (χ3v) is 6.03. The Hall–Kier alpha value is -2.62. The van der Waals surface area contributed by atoms with E-state index < -0.39 is 35.6 Å². The first-order valence-electron chi connectivity index (χ1n) is 12.7. The van der Waals surface area contributed by atoms with E-state index in [1.807, 2.05) is 0 Å². The average Bonchev–Trinajstić information content (AvgIpc) is 3.23. The van der Waals surface area contributed by atoms with Gasteiger partial charge in [-0.25, -0.2) is 4.79 Å². The third-order valence-electron chi connectivity index (χ3n) is 6.03. The summed E-state index contributed by atoms with van der Waals surface area (Å²) in [5.74, 6) is -0.657. The second-order valence-electron chi connectivity index (χ2n) is 8.98. The van der Waals surface area contributed by atoms with Crippen molar-refractivity contribution in [3.63, 3.8) is 0 Å². The molecule has 11 heteroatoms. The standard InChI is InChI=1S/C14H28O2.C10H13N5O4/c1-2-3-4-5-6-7-8-9-10-11-12-13-14(15)16;1-5-3-15(10(18)12-9(5)17)8-2-6(13-14-11)7(4-16)19-8/h2-13H2,1H3,(H,15,16);3,6-8,16H,2,4H2,1H3,(H,12,17,18)/t;6-,7+,8+/m.0/s1. The number of ether oxygens (including phenoxy) is 1. The summed E-state index contributed by atoms with van der Waals surface area (Å²) in [5.41, 5.74) is 7.76. The quantitative estimate of drug-likeness (QED) is 0.139. The Balaban J connectivity index is 0.000000357. The number of carbonyl (C=O) groups is 1. The SMILES string of the molecule is CCCCCCCCCCCCCC(=O)O.Cc1cn([C@H]2C[C@H](N=[N+]=[N-])[C@@H](CO)O2)c(=O)[nH]c1=O. The maximum Gasteiger partial charge on any atom is 0.330 e. The molecule has 0 unspecified atom stereocenters. The van der Waals surface area contributed by atoms with Gasteiger partial charge in [0.1, 0.15) is 6.23 Å². The van der Waals surface area contributed by atoms with Crippen LogP contribution in [0, 0.1) is 6.92 Å². The molecule has 0 saturated carbocycles. The summed E-state index contributed by atoms with van der Waals surface area (Å²) in [7, 11) is 0. The van der Waals surface area contributed by atoms with Crippen LogP contribution in [-0.4, -0.2) is 44.5 Å². The first-order valence-corrected chi connectivity index (χ1v) is 12.7. The van der Waals surface area contributed by atoms with Crippen LogP contribution in [0.1, 0.15) is 102 Å². The van der Waals surface area contributed by atoms with Crippen molar-refractivity contribution in [3.8, 4) is 0 Å². The number of H-pyrrole nitrogens is 1. The molecule has 35 heavy (non-hydrogen) atoms. The highest BCUT2D eigenvalue weighted by molar-refractivity contribution is 5.66. The average molecular weight is 496 g/mol. The first kappa shape index (κ1) is 30.4. The normalized spacial score (nSPS) is 19.0. The zero-order valence-corrected chi connectivity index (χ0v) is 21.0. The van der Waals surface area contributed by atoms with Gasteiger partial charge in [-0.05, 0) is 18.9 Å². The van der Waals surface area contributed by atoms with Gasteiger partial charge in [0.15, 0.2) is 0 Å². The summed E-state index contributed by atoms with van der Waals surface area (Å²) in [6, 6.07) is -0.542. The van der Waals surface area contributed by atoms with Gasteiger partial charge in [-0.1, -0.05) is 76.2 Å². The van der Waals surface area contributed by atoms with E-state index in [1.165, 1.54) is 68.6 Å². The predicted molar refractivity (Wildman–Crippen MR) is 133 cm³/mol. The minimum atomic E-state index is -0.671. The van der Waals surface area contributed by atoms with E-state index in [1.54, 1.807) is 6.92 Å². The minimum absolute atomic E-state index is 0.265. The number of carboxylic acids is 1. The second kappa shape index (κ2) is 17.8. The number of unbranched alkanes of at least 4 members (excludes halogenated alkanes) is 10. The van der Waals surface area contributed by atoms with Crippen LogP contribution < -0.4 is 11.2 Å². The zero-order valence-electron chi connectivity index (χ0n) is 21.0. The number of aromatic amines is 1. The van der Waals surface area contributed by atoms with Crippen molar-refractivity contribution in [3.05, 3.63) is 43.0 Å². The molecule has 0 aliphatic carbocycles. The molecule has 1 aliphatic heterocycles. The number of aryl methyl sites for hydroxylation is 1. The summed E-state index contributed by atoms with van der Waals surface area (Å²) < 4.78 is 6.69. The first-order chi connectivity index (χ1) is 16.8. The van der Waals surface area contributed by atoms with Crippen LogP contribution in [0.2, 0.25) is 0 Å². The van der Waals surface area contributed by atoms with Crippen LogP contribution in [0.25, 0.3) is 10.4 Å². The maximum atomic E-state index is 11.7. The highest BCUT2D eigenvalue weighted by Gasteiger charge is 2.35. The molecule has 0 bridgehead atoms. The lowest BCUT2D eigenvalue weighted by molar-refractivity contribution is -0.137. The van der Waals surface area contributed by atoms with Crippen LogP contribution in [0.3, 0.4) is 0 Å². The lowest BCUT2D eigenvalue weighted by Gasteiger charge is -2.14. The van der Waals surface area contributed by atoms with Gasteiger partial charge in [0, 0.05) is 29.5 Å². The van der Waals surface area contributed by atoms with Gasteiger partial charge in [-0.2, -0.15) is 0 Å². The van der Waals surface area contributed by atoms with Crippen LogP contribution in [-0.2, 0) is 9.53 Å². The molecular formula is C24H41N5O6. The Morgan fingerprint density at radius 2 is 1.71 bits per heavy atom. The van der Waals surface area contributed by atoms with Gasteiger partial charge >= 0.3 is 11.7 Å². The van der Waals surface area contributed by atoms with E-state index in [9.17, 15) is 14.4 Å². The van der Waals surface area contributed by atoms with Crippen molar-refractivity contribution in [2.24, 2.45) is 5.11 Å². The third kappa shape index (κ3) is 12.1. The maximum absolute atomic E-state index is 11.7. The van der Waals surface area contributed by atoms with Crippen LogP contribution in [0.5, 0.6) is 0 Å². The number of carboxylic acid groups (broad SMARTS) is 1. The molecular weight excluding hydrogens is 454 g/mol. The fourth-order valence-electron chi connectivity index (χ4n) is 3.98. The summed E-state index contributed by atoms with van der Waals surface area (Å²) in [6.45, 7) is 3.51. The van der Waals surface area contributed by atoms with E-state index in [0.717, 1.165) is 12.8 Å². The predicted octanol–water partition coefficient (Wildman–Crippen LogP) is 4.58. The number of aromatic nitrogens is 2. The van der Waals surface area contributed by atoms with E-state index in [4.69, 9.17) is 20.5 Å². The molecule has 198 valence electrons. The molecule has 0 amide bonds. The number of hydrogen-bond acceptors (Lipinski definition) is 6. The summed E-state index contributed by atoms with van der Waals surface area (Å²) in [5, 5.41) is 21.1. The van der Waals surface area contributed by atoms with Crippen molar-refractivity contribution in [2.75, 3.05) is 6.61 Å². The number of hydrogen-bond donors (Lipinski definition) is 3. The number of rotatable bonds is 15. The van der Waals surface area contributed by atoms with E-state index in [2.05, 4.69) is 21.9 Å². The Kier molecular flexibility index (Phi) is 15.4. The van der Waals surface area contributed by atoms with Crippen molar-refractivity contribution < 1.29 is 19.7 Å². The van der Waals surface area contributed by atoms with Gasteiger partial charge in [0.05, 0.1) is 18.8 Å². The molecule has 1 fully saturated rings. The van der Waals surface area contributed by atoms with Gasteiger partial charge < -0.3 is 14.9 Å². The molecule has 1 aliphatic rings. The molecule has 1 aromatic heterocycles. The van der Waals surface area contributed by atoms with Crippen molar-refractivity contribution >= 4 is 5.97 Å². The Bertz CT molecular complexity index is 908. The number of nitrogens with zero attached hydrogens (tertiary/aromatic N) is 4. The molecule has 0 radical (unpaired) electrons. The zero-order chi connectivity index (χ0) is 26.1. The van der Waals surface area contributed by atoms with Gasteiger partial charge in [0.2, 0.25) is 0 Å². The van der Waals surface area contributed by atoms with Crippen molar-refractivity contribution in [1.82, 2.24) is 9.55 Å². The number of aliphatic carboxylic acids is 1. The van der Waals surface area contributed by atoms with Gasteiger partial charge in [0.25, 0.3) is 5.56 Å². The molecule has 1 aromatic rings. The molecule has 1 saturated heterocycles. The fourth-order valence-corrected chi connectivity index (χ4v) is 3.98. The number of aliphatic hydroxyl groups excluding tert-OH is 1. The van der Waals surface area contributed by atoms with Crippen molar-refractivity contribution in [2.45, 2.75) is 116 Å². The van der Waals surface area contributed by atoms with Gasteiger partial charge in [-0.15, -0.1) is 0 Å². The molecule has 3 atom stereocenters. The van der Waals surface area contributed by atoms with Gasteiger partial charge in [-0.3, -0.25) is 19.1 Å². The van der Waals surface area contributed by atoms with E-state index in [0.29, 0.717) is 12.0 Å². The largest absolute Gasteiger partial charge is 0.481 e. The monoisotopic (exact) mass is 495 g/mol. The molecule has 0 aromatic carbocycles. The van der Waals surface area contributed by atoms with Crippen LogP contribution in [0.15, 0.2) is 20.9 Å². The summed E-state index contributed by atoms with van der Waals surface area (Å²) >= 11 is 0. The Morgan fingerprint density at radius 1 is 1.14 bits per heavy atom.